The van der Waals surface area contributed by atoms with E-state index in [9.17, 15) is 9.59 Å². The Bertz CT molecular complexity index is 873. The summed E-state index contributed by atoms with van der Waals surface area (Å²) in [6.45, 7) is 1.12. The normalized spacial score (nSPS) is 19.8. The molecule has 0 bridgehead atoms. The number of rotatable bonds is 2. The number of aromatic nitrogens is 1. The molecular formula is C16H17N5O2S. The van der Waals surface area contributed by atoms with Crippen molar-refractivity contribution in [2.24, 2.45) is 10.7 Å². The number of carbonyl (C=O) groups excluding carboxylic acids is 2. The van der Waals surface area contributed by atoms with Gasteiger partial charge in [0.2, 0.25) is 0 Å². The molecule has 1 atom stereocenters. The van der Waals surface area contributed by atoms with Crippen LogP contribution in [0.4, 0.5) is 0 Å². The van der Waals surface area contributed by atoms with Crippen molar-refractivity contribution >= 4 is 39.6 Å². The summed E-state index contributed by atoms with van der Waals surface area (Å²) in [6.07, 6.45) is 0.658. The van der Waals surface area contributed by atoms with Crippen LogP contribution in [0.25, 0.3) is 10.9 Å². The van der Waals surface area contributed by atoms with E-state index in [4.69, 9.17) is 5.73 Å². The Morgan fingerprint density at radius 3 is 3.08 bits per heavy atom. The minimum Gasteiger partial charge on any atom is -0.350 e. The van der Waals surface area contributed by atoms with Crippen LogP contribution in [-0.2, 0) is 6.42 Å². The number of nitrogens with one attached hydrogen (secondary N) is 3. The predicted octanol–water partition coefficient (Wildman–Crippen LogP) is 0.614. The lowest BCUT2D eigenvalue weighted by Gasteiger charge is -2.22. The van der Waals surface area contributed by atoms with E-state index in [1.807, 2.05) is 12.1 Å². The van der Waals surface area contributed by atoms with Crippen LogP contribution >= 0.6 is 11.8 Å². The molecule has 0 aliphatic carbocycles. The van der Waals surface area contributed by atoms with Crippen LogP contribution in [0, 0.1) is 0 Å². The Hall–Kier alpha value is -2.32. The number of H-pyrrole nitrogens is 1. The molecule has 1 unspecified atom stereocenters. The topological polar surface area (TPSA) is 112 Å². The van der Waals surface area contributed by atoms with E-state index < -0.39 is 0 Å². The van der Waals surface area contributed by atoms with Gasteiger partial charge in [-0.05, 0) is 30.2 Å². The van der Waals surface area contributed by atoms with Gasteiger partial charge in [-0.2, -0.15) is 0 Å². The fourth-order valence-corrected chi connectivity index (χ4v) is 3.80. The molecule has 7 nitrogen and oxygen atoms in total. The Morgan fingerprint density at radius 1 is 1.46 bits per heavy atom. The van der Waals surface area contributed by atoms with Gasteiger partial charge < -0.3 is 21.4 Å². The zero-order valence-electron chi connectivity index (χ0n) is 12.9. The fourth-order valence-electron chi connectivity index (χ4n) is 3.07. The summed E-state index contributed by atoms with van der Waals surface area (Å²) in [5, 5.41) is 7.26. The number of thioether (sulfide) groups is 1. The van der Waals surface area contributed by atoms with Gasteiger partial charge in [-0.25, -0.2) is 0 Å². The molecule has 124 valence electrons. The molecule has 2 amide bonds. The molecule has 2 aliphatic rings. The molecule has 0 spiro atoms. The fraction of sp³-hybridized carbons (Fsp3) is 0.312. The summed E-state index contributed by atoms with van der Waals surface area (Å²) >= 11 is 1.54. The summed E-state index contributed by atoms with van der Waals surface area (Å²) in [5.41, 5.74) is 8.58. The van der Waals surface area contributed by atoms with Crippen molar-refractivity contribution in [3.8, 4) is 0 Å². The monoisotopic (exact) mass is 343 g/mol. The Balaban J connectivity index is 1.70. The van der Waals surface area contributed by atoms with E-state index in [2.05, 4.69) is 20.6 Å². The lowest BCUT2D eigenvalue weighted by Crippen LogP contribution is -2.45. The number of nitrogens with two attached hydrogens (primary N) is 1. The number of nitrogens with zero attached hydrogens (tertiary/aromatic N) is 1. The van der Waals surface area contributed by atoms with E-state index in [0.29, 0.717) is 29.4 Å². The summed E-state index contributed by atoms with van der Waals surface area (Å²) in [6, 6.07) is 5.33. The average Bonchev–Trinajstić information content (AvgIpc) is 3.22. The van der Waals surface area contributed by atoms with E-state index in [1.54, 1.807) is 17.8 Å². The number of aromatic amines is 1. The standard InChI is InChI=1S/C16H17N5O2S/c17-7-9-6-11-10-5-8(14(22)21-16-18-3-4-24-16)1-2-12(10)20-13(11)15(23)19-9/h1-2,5,9,20H,3-4,6-7,17H2,(H,19,23)(H,18,21,22). The number of aliphatic imine (C=N–C) groups is 1. The van der Waals surface area contributed by atoms with Crippen LogP contribution in [0.2, 0.25) is 0 Å². The van der Waals surface area contributed by atoms with E-state index >= 15 is 0 Å². The van der Waals surface area contributed by atoms with E-state index in [0.717, 1.165) is 28.8 Å². The number of amidine groups is 1. The highest BCUT2D eigenvalue weighted by Gasteiger charge is 2.27. The maximum Gasteiger partial charge on any atom is 0.268 e. The molecule has 3 heterocycles. The summed E-state index contributed by atoms with van der Waals surface area (Å²) in [4.78, 5) is 31.9. The molecule has 24 heavy (non-hydrogen) atoms. The van der Waals surface area contributed by atoms with Crippen molar-refractivity contribution in [3.05, 3.63) is 35.0 Å². The lowest BCUT2D eigenvalue weighted by molar-refractivity contribution is 0.0921. The van der Waals surface area contributed by atoms with Gasteiger partial charge in [0, 0.05) is 34.8 Å². The van der Waals surface area contributed by atoms with Crippen molar-refractivity contribution in [1.29, 1.82) is 0 Å². The Kier molecular flexibility index (Phi) is 3.78. The lowest BCUT2D eigenvalue weighted by atomic mass is 9.97. The molecule has 2 aromatic rings. The third-order valence-corrected chi connectivity index (χ3v) is 5.16. The highest BCUT2D eigenvalue weighted by atomic mass is 32.2. The highest BCUT2D eigenvalue weighted by molar-refractivity contribution is 8.14. The van der Waals surface area contributed by atoms with Crippen LogP contribution in [0.1, 0.15) is 26.4 Å². The minimum atomic E-state index is -0.185. The van der Waals surface area contributed by atoms with Crippen LogP contribution in [0.15, 0.2) is 23.2 Å². The third-order valence-electron chi connectivity index (χ3n) is 4.27. The summed E-state index contributed by atoms with van der Waals surface area (Å²) in [7, 11) is 0. The second kappa shape index (κ2) is 5.95. The zero-order valence-corrected chi connectivity index (χ0v) is 13.7. The first-order valence-electron chi connectivity index (χ1n) is 7.80. The second-order valence-corrected chi connectivity index (χ2v) is 6.92. The molecule has 2 aliphatic heterocycles. The van der Waals surface area contributed by atoms with E-state index in [-0.39, 0.29) is 17.9 Å². The van der Waals surface area contributed by atoms with Gasteiger partial charge in [0.15, 0.2) is 5.17 Å². The van der Waals surface area contributed by atoms with Gasteiger partial charge in [-0.3, -0.25) is 14.6 Å². The molecule has 0 radical (unpaired) electrons. The number of benzene rings is 1. The number of hydrogen-bond acceptors (Lipinski definition) is 5. The number of fused-ring (bicyclic) bond motifs is 3. The summed E-state index contributed by atoms with van der Waals surface area (Å²) in [5.74, 6) is 0.566. The first kappa shape index (κ1) is 15.2. The number of carbonyl (C=O) groups is 2. The minimum absolute atomic E-state index is 0.0780. The van der Waals surface area contributed by atoms with Crippen LogP contribution in [0.5, 0.6) is 0 Å². The number of amides is 2. The first-order valence-corrected chi connectivity index (χ1v) is 8.78. The van der Waals surface area contributed by atoms with Crippen molar-refractivity contribution in [3.63, 3.8) is 0 Å². The maximum atomic E-state index is 12.4. The van der Waals surface area contributed by atoms with Crippen LogP contribution < -0.4 is 16.4 Å². The number of hydrogen-bond donors (Lipinski definition) is 4. The largest absolute Gasteiger partial charge is 0.350 e. The van der Waals surface area contributed by atoms with Gasteiger partial charge in [0.05, 0.1) is 6.54 Å². The Labute approximate surface area is 142 Å². The van der Waals surface area contributed by atoms with Gasteiger partial charge in [0.25, 0.3) is 11.8 Å². The maximum absolute atomic E-state index is 12.4. The molecule has 1 aromatic carbocycles. The first-order chi connectivity index (χ1) is 11.7. The highest BCUT2D eigenvalue weighted by Crippen LogP contribution is 2.27. The van der Waals surface area contributed by atoms with Crippen molar-refractivity contribution in [1.82, 2.24) is 15.6 Å². The van der Waals surface area contributed by atoms with Crippen molar-refractivity contribution < 1.29 is 9.59 Å². The molecule has 0 saturated carbocycles. The molecule has 0 saturated heterocycles. The Morgan fingerprint density at radius 2 is 2.33 bits per heavy atom. The van der Waals surface area contributed by atoms with Crippen LogP contribution in [-0.4, -0.2) is 46.9 Å². The van der Waals surface area contributed by atoms with Crippen LogP contribution in [0.3, 0.4) is 0 Å². The molecule has 8 heteroatoms. The second-order valence-electron chi connectivity index (χ2n) is 5.84. The molecule has 4 rings (SSSR count). The molecule has 5 N–H and O–H groups in total. The van der Waals surface area contributed by atoms with E-state index in [1.165, 1.54) is 0 Å². The SMILES string of the molecule is NCC1Cc2c([nH]c3ccc(C(=O)NC4=NCCS4)cc23)C(=O)N1. The summed E-state index contributed by atoms with van der Waals surface area (Å²) < 4.78 is 0. The quantitative estimate of drug-likeness (QED) is 0.640. The predicted molar refractivity (Wildman–Crippen MR) is 94.5 cm³/mol. The van der Waals surface area contributed by atoms with Crippen molar-refractivity contribution in [2.75, 3.05) is 18.8 Å². The molecule has 1 aromatic heterocycles. The third kappa shape index (κ3) is 2.57. The average molecular weight is 343 g/mol. The zero-order chi connectivity index (χ0) is 16.7. The molecule has 0 fully saturated rings. The van der Waals surface area contributed by atoms with Crippen molar-refractivity contribution in [2.45, 2.75) is 12.5 Å². The van der Waals surface area contributed by atoms with Gasteiger partial charge in [-0.15, -0.1) is 0 Å². The molecular weight excluding hydrogens is 326 g/mol. The van der Waals surface area contributed by atoms with Gasteiger partial charge >= 0.3 is 0 Å². The van der Waals surface area contributed by atoms with Gasteiger partial charge in [0.1, 0.15) is 5.69 Å². The smallest absolute Gasteiger partial charge is 0.268 e. The van der Waals surface area contributed by atoms with Gasteiger partial charge in [-0.1, -0.05) is 11.8 Å².